The Kier molecular flexibility index (Phi) is 4.64. The van der Waals surface area contributed by atoms with Gasteiger partial charge in [-0.05, 0) is 6.42 Å². The molecule has 0 spiro atoms. The summed E-state index contributed by atoms with van der Waals surface area (Å²) in [6, 6.07) is 0.802. The Balaban J connectivity index is 2.19. The molecule has 1 aliphatic heterocycles. The van der Waals surface area contributed by atoms with Gasteiger partial charge in [0.15, 0.2) is 0 Å². The zero-order valence-electron chi connectivity index (χ0n) is 12.7. The fourth-order valence-electron chi connectivity index (χ4n) is 2.36. The van der Waals surface area contributed by atoms with Crippen molar-refractivity contribution in [2.75, 3.05) is 13.2 Å². The van der Waals surface area contributed by atoms with E-state index in [1.165, 1.54) is 10.7 Å². The van der Waals surface area contributed by atoms with Gasteiger partial charge in [0.25, 0.3) is 0 Å². The van der Waals surface area contributed by atoms with Gasteiger partial charge in [-0.15, -0.1) is 11.3 Å². The highest BCUT2D eigenvalue weighted by Crippen LogP contribution is 2.33. The molecule has 0 aliphatic carbocycles. The summed E-state index contributed by atoms with van der Waals surface area (Å²) in [6.45, 7) is 12.8. The molecular formula is C15H26N2OS. The maximum atomic E-state index is 5.55. The normalized spacial score (nSPS) is 22.1. The lowest BCUT2D eigenvalue weighted by atomic mass is 9.93. The van der Waals surface area contributed by atoms with E-state index in [1.807, 2.05) is 0 Å². The second-order valence-electron chi connectivity index (χ2n) is 6.74. The van der Waals surface area contributed by atoms with Crippen LogP contribution in [0.3, 0.4) is 0 Å². The van der Waals surface area contributed by atoms with E-state index in [9.17, 15) is 0 Å². The summed E-state index contributed by atoms with van der Waals surface area (Å²) in [6.07, 6.45) is 1.13. The van der Waals surface area contributed by atoms with Gasteiger partial charge in [-0.2, -0.15) is 0 Å². The molecule has 108 valence electrons. The van der Waals surface area contributed by atoms with Crippen LogP contribution in [0.1, 0.15) is 57.8 Å². The van der Waals surface area contributed by atoms with Crippen molar-refractivity contribution in [2.45, 2.75) is 58.5 Å². The van der Waals surface area contributed by atoms with E-state index in [1.54, 1.807) is 11.3 Å². The third-order valence-electron chi connectivity index (χ3n) is 3.51. The number of rotatable bonds is 4. The molecule has 2 heterocycles. The number of nitrogens with zero attached hydrogens (tertiary/aromatic N) is 1. The molecule has 1 N–H and O–H groups in total. The monoisotopic (exact) mass is 282 g/mol. The molecule has 0 bridgehead atoms. The minimum atomic E-state index is 0.128. The average Bonchev–Trinajstić information content (AvgIpc) is 2.96. The molecule has 19 heavy (non-hydrogen) atoms. The van der Waals surface area contributed by atoms with Crippen molar-refractivity contribution < 1.29 is 4.74 Å². The molecule has 0 aromatic carbocycles. The van der Waals surface area contributed by atoms with Gasteiger partial charge in [-0.3, -0.25) is 0 Å². The molecule has 1 aromatic rings. The van der Waals surface area contributed by atoms with Crippen molar-refractivity contribution in [1.29, 1.82) is 0 Å². The first kappa shape index (κ1) is 14.9. The van der Waals surface area contributed by atoms with Crippen LogP contribution in [0.15, 0.2) is 5.38 Å². The van der Waals surface area contributed by atoms with E-state index in [0.717, 1.165) is 19.6 Å². The van der Waals surface area contributed by atoms with Crippen LogP contribution in [0, 0.1) is 5.92 Å². The first-order valence-electron chi connectivity index (χ1n) is 7.17. The zero-order valence-corrected chi connectivity index (χ0v) is 13.5. The second-order valence-corrected chi connectivity index (χ2v) is 7.63. The van der Waals surface area contributed by atoms with Crippen LogP contribution in [0.2, 0.25) is 0 Å². The Bertz CT molecular complexity index is 403. The topological polar surface area (TPSA) is 34.2 Å². The summed E-state index contributed by atoms with van der Waals surface area (Å²) in [5, 5.41) is 7.10. The number of aromatic nitrogens is 1. The Morgan fingerprint density at radius 1 is 1.42 bits per heavy atom. The van der Waals surface area contributed by atoms with Crippen LogP contribution < -0.4 is 5.32 Å². The molecule has 0 radical (unpaired) electrons. The summed E-state index contributed by atoms with van der Waals surface area (Å²) >= 11 is 1.78. The molecule has 2 unspecified atom stereocenters. The SMILES string of the molecule is CC(C)NC(c1nc(C(C)(C)C)cs1)C1CCOC1. The van der Waals surface area contributed by atoms with E-state index in [4.69, 9.17) is 9.72 Å². The average molecular weight is 282 g/mol. The smallest absolute Gasteiger partial charge is 0.110 e. The number of ether oxygens (including phenoxy) is 1. The van der Waals surface area contributed by atoms with Crippen LogP contribution >= 0.6 is 11.3 Å². The molecular weight excluding hydrogens is 256 g/mol. The number of thiazole rings is 1. The third-order valence-corrected chi connectivity index (χ3v) is 4.43. The number of nitrogens with one attached hydrogen (secondary N) is 1. The molecule has 1 aliphatic rings. The second kappa shape index (κ2) is 5.90. The van der Waals surface area contributed by atoms with Crippen LogP contribution in [-0.2, 0) is 10.2 Å². The van der Waals surface area contributed by atoms with Crippen molar-refractivity contribution in [1.82, 2.24) is 10.3 Å². The zero-order chi connectivity index (χ0) is 14.0. The minimum absolute atomic E-state index is 0.128. The molecule has 2 rings (SSSR count). The largest absolute Gasteiger partial charge is 0.381 e. The van der Waals surface area contributed by atoms with Gasteiger partial charge in [0, 0.05) is 29.4 Å². The summed E-state index contributed by atoms with van der Waals surface area (Å²) in [4.78, 5) is 4.88. The summed E-state index contributed by atoms with van der Waals surface area (Å²) in [5.74, 6) is 0.557. The molecule has 3 nitrogen and oxygen atoms in total. The van der Waals surface area contributed by atoms with E-state index in [0.29, 0.717) is 18.0 Å². The van der Waals surface area contributed by atoms with Gasteiger partial charge in [-0.25, -0.2) is 4.98 Å². The molecule has 0 saturated carbocycles. The number of hydrogen-bond acceptors (Lipinski definition) is 4. The lowest BCUT2D eigenvalue weighted by molar-refractivity contribution is 0.175. The number of hydrogen-bond donors (Lipinski definition) is 1. The van der Waals surface area contributed by atoms with Gasteiger partial charge in [0.05, 0.1) is 18.3 Å². The first-order valence-corrected chi connectivity index (χ1v) is 8.05. The first-order chi connectivity index (χ1) is 8.88. The predicted molar refractivity (Wildman–Crippen MR) is 80.8 cm³/mol. The van der Waals surface area contributed by atoms with Crippen LogP contribution in [0.25, 0.3) is 0 Å². The van der Waals surface area contributed by atoms with Crippen molar-refractivity contribution in [3.05, 3.63) is 16.1 Å². The highest BCUT2D eigenvalue weighted by Gasteiger charge is 2.30. The van der Waals surface area contributed by atoms with Gasteiger partial charge in [-0.1, -0.05) is 34.6 Å². The Hall–Kier alpha value is -0.450. The predicted octanol–water partition coefficient (Wildman–Crippen LogP) is 3.52. The molecule has 2 atom stereocenters. The van der Waals surface area contributed by atoms with Crippen molar-refractivity contribution in [3.8, 4) is 0 Å². The summed E-state index contributed by atoms with van der Waals surface area (Å²) in [7, 11) is 0. The van der Waals surface area contributed by atoms with E-state index >= 15 is 0 Å². The van der Waals surface area contributed by atoms with Crippen LogP contribution in [-0.4, -0.2) is 24.2 Å². The van der Waals surface area contributed by atoms with Gasteiger partial charge in [0.2, 0.25) is 0 Å². The Morgan fingerprint density at radius 2 is 2.16 bits per heavy atom. The molecule has 1 saturated heterocycles. The molecule has 1 fully saturated rings. The fourth-order valence-corrected chi connectivity index (χ4v) is 3.56. The van der Waals surface area contributed by atoms with E-state index < -0.39 is 0 Å². The lowest BCUT2D eigenvalue weighted by Crippen LogP contribution is -2.33. The Labute approximate surface area is 120 Å². The molecule has 1 aromatic heterocycles. The van der Waals surface area contributed by atoms with Gasteiger partial charge >= 0.3 is 0 Å². The highest BCUT2D eigenvalue weighted by atomic mass is 32.1. The molecule has 0 amide bonds. The minimum Gasteiger partial charge on any atom is -0.381 e. The summed E-state index contributed by atoms with van der Waals surface area (Å²) in [5.41, 5.74) is 1.32. The van der Waals surface area contributed by atoms with Gasteiger partial charge in [0.1, 0.15) is 5.01 Å². The van der Waals surface area contributed by atoms with Crippen LogP contribution in [0.4, 0.5) is 0 Å². The van der Waals surface area contributed by atoms with Crippen molar-refractivity contribution in [3.63, 3.8) is 0 Å². The third kappa shape index (κ3) is 3.77. The Morgan fingerprint density at radius 3 is 2.63 bits per heavy atom. The quantitative estimate of drug-likeness (QED) is 0.917. The van der Waals surface area contributed by atoms with Crippen molar-refractivity contribution in [2.24, 2.45) is 5.92 Å². The maximum absolute atomic E-state index is 5.55. The summed E-state index contributed by atoms with van der Waals surface area (Å²) < 4.78 is 5.55. The van der Waals surface area contributed by atoms with Gasteiger partial charge < -0.3 is 10.1 Å². The van der Waals surface area contributed by atoms with Crippen molar-refractivity contribution >= 4 is 11.3 Å². The van der Waals surface area contributed by atoms with E-state index in [-0.39, 0.29) is 5.41 Å². The fraction of sp³-hybridized carbons (Fsp3) is 0.800. The lowest BCUT2D eigenvalue weighted by Gasteiger charge is -2.24. The van der Waals surface area contributed by atoms with E-state index in [2.05, 4.69) is 45.3 Å². The standard InChI is InChI=1S/C15H26N2OS/c1-10(2)16-13(11-6-7-18-8-11)14-17-12(9-19-14)15(3,4)5/h9-11,13,16H,6-8H2,1-5H3. The highest BCUT2D eigenvalue weighted by molar-refractivity contribution is 7.09. The maximum Gasteiger partial charge on any atom is 0.110 e. The van der Waals surface area contributed by atoms with Crippen LogP contribution in [0.5, 0.6) is 0 Å². The molecule has 4 heteroatoms.